The third kappa shape index (κ3) is 4.94. The molecule has 1 aromatic heterocycles. The molecule has 26 heavy (non-hydrogen) atoms. The number of aryl methyl sites for hydroxylation is 2. The van der Waals surface area contributed by atoms with E-state index in [0.717, 1.165) is 5.69 Å². The smallest absolute Gasteiger partial charge is 0.240 e. The highest BCUT2D eigenvalue weighted by molar-refractivity contribution is 7.89. The summed E-state index contributed by atoms with van der Waals surface area (Å²) in [4.78, 5) is 11.6. The van der Waals surface area contributed by atoms with E-state index in [-0.39, 0.29) is 23.8 Å². The zero-order chi connectivity index (χ0) is 19.3. The number of aromatic nitrogens is 1. The van der Waals surface area contributed by atoms with Crippen molar-refractivity contribution in [2.45, 2.75) is 37.7 Å². The maximum Gasteiger partial charge on any atom is 0.240 e. The van der Waals surface area contributed by atoms with Crippen LogP contribution in [-0.2, 0) is 21.9 Å². The minimum atomic E-state index is -3.70. The molecule has 1 amide bonds. The lowest BCUT2D eigenvalue weighted by atomic mass is 10.2. The number of anilines is 1. The molecule has 0 aliphatic rings. The van der Waals surface area contributed by atoms with Gasteiger partial charge in [0, 0.05) is 37.6 Å². The van der Waals surface area contributed by atoms with Crippen molar-refractivity contribution in [3.05, 3.63) is 47.8 Å². The average molecular weight is 379 g/mol. The van der Waals surface area contributed by atoms with Gasteiger partial charge in [-0.3, -0.25) is 4.79 Å². The highest BCUT2D eigenvalue weighted by atomic mass is 32.2. The maximum absolute atomic E-state index is 12.5. The Hall–Kier alpha value is -2.16. The van der Waals surface area contributed by atoms with Crippen LogP contribution in [0.25, 0.3) is 0 Å². The molecule has 0 saturated carbocycles. The van der Waals surface area contributed by atoms with E-state index in [1.165, 1.54) is 6.07 Å². The van der Waals surface area contributed by atoms with Crippen LogP contribution in [0.1, 0.15) is 37.1 Å². The molecular formula is C18H25N3O4S. The Morgan fingerprint density at radius 2 is 2.04 bits per heavy atom. The molecule has 8 heteroatoms. The van der Waals surface area contributed by atoms with Crippen molar-refractivity contribution in [1.82, 2.24) is 9.29 Å². The molecule has 0 unspecified atom stereocenters. The molecule has 1 atom stereocenters. The summed E-state index contributed by atoms with van der Waals surface area (Å²) >= 11 is 0. The second-order valence-corrected chi connectivity index (χ2v) is 7.86. The zero-order valence-electron chi connectivity index (χ0n) is 15.2. The highest BCUT2D eigenvalue weighted by Crippen LogP contribution is 2.21. The SMILES string of the molecule is CCC(=O)Nc1ccc(S(=O)(=O)NCC[C@H](O)c2cccn2C)c(C)c1. The number of benzene rings is 1. The molecule has 2 aromatic rings. The van der Waals surface area contributed by atoms with Crippen LogP contribution in [0.4, 0.5) is 5.69 Å². The van der Waals surface area contributed by atoms with Crippen molar-refractivity contribution in [2.24, 2.45) is 7.05 Å². The lowest BCUT2D eigenvalue weighted by Gasteiger charge is -2.14. The van der Waals surface area contributed by atoms with Crippen molar-refractivity contribution >= 4 is 21.6 Å². The number of hydrogen-bond acceptors (Lipinski definition) is 4. The number of amides is 1. The fourth-order valence-electron chi connectivity index (χ4n) is 2.65. The van der Waals surface area contributed by atoms with Crippen molar-refractivity contribution in [3.63, 3.8) is 0 Å². The Kier molecular flexibility index (Phi) is 6.57. The number of carbonyl (C=O) groups is 1. The van der Waals surface area contributed by atoms with Crippen LogP contribution in [0.15, 0.2) is 41.4 Å². The quantitative estimate of drug-likeness (QED) is 0.654. The van der Waals surface area contributed by atoms with Gasteiger partial charge in [-0.1, -0.05) is 6.92 Å². The summed E-state index contributed by atoms with van der Waals surface area (Å²) in [6.07, 6.45) is 1.70. The number of nitrogens with one attached hydrogen (secondary N) is 2. The third-order valence-electron chi connectivity index (χ3n) is 4.10. The van der Waals surface area contributed by atoms with Crippen LogP contribution < -0.4 is 10.0 Å². The van der Waals surface area contributed by atoms with Gasteiger partial charge in [0.05, 0.1) is 11.0 Å². The summed E-state index contributed by atoms with van der Waals surface area (Å²) in [5, 5.41) is 12.9. The first-order chi connectivity index (χ1) is 12.2. The lowest BCUT2D eigenvalue weighted by molar-refractivity contribution is -0.115. The number of aliphatic hydroxyl groups excluding tert-OH is 1. The van der Waals surface area contributed by atoms with Crippen molar-refractivity contribution in [2.75, 3.05) is 11.9 Å². The van der Waals surface area contributed by atoms with Crippen LogP contribution in [0.2, 0.25) is 0 Å². The summed E-state index contributed by atoms with van der Waals surface area (Å²) in [6, 6.07) is 8.28. The Morgan fingerprint density at radius 1 is 1.31 bits per heavy atom. The molecule has 3 N–H and O–H groups in total. The summed E-state index contributed by atoms with van der Waals surface area (Å²) in [5.41, 5.74) is 1.83. The summed E-state index contributed by atoms with van der Waals surface area (Å²) in [6.45, 7) is 3.53. The van der Waals surface area contributed by atoms with E-state index in [1.54, 1.807) is 36.6 Å². The van der Waals surface area contributed by atoms with E-state index < -0.39 is 16.1 Å². The normalized spacial score (nSPS) is 12.8. The van der Waals surface area contributed by atoms with Gasteiger partial charge >= 0.3 is 0 Å². The van der Waals surface area contributed by atoms with Crippen LogP contribution in [0, 0.1) is 6.92 Å². The highest BCUT2D eigenvalue weighted by Gasteiger charge is 2.18. The van der Waals surface area contributed by atoms with Crippen LogP contribution in [0.3, 0.4) is 0 Å². The van der Waals surface area contributed by atoms with Crippen LogP contribution >= 0.6 is 0 Å². The largest absolute Gasteiger partial charge is 0.387 e. The molecule has 0 radical (unpaired) electrons. The zero-order valence-corrected chi connectivity index (χ0v) is 16.0. The number of sulfonamides is 1. The minimum Gasteiger partial charge on any atom is -0.387 e. The number of hydrogen-bond donors (Lipinski definition) is 3. The maximum atomic E-state index is 12.5. The van der Waals surface area contributed by atoms with Gasteiger partial charge in [0.2, 0.25) is 15.9 Å². The minimum absolute atomic E-state index is 0.114. The first-order valence-electron chi connectivity index (χ1n) is 8.44. The van der Waals surface area contributed by atoms with E-state index in [0.29, 0.717) is 17.7 Å². The van der Waals surface area contributed by atoms with E-state index in [2.05, 4.69) is 10.0 Å². The van der Waals surface area contributed by atoms with Crippen LogP contribution in [0.5, 0.6) is 0 Å². The molecule has 0 aliphatic heterocycles. The topological polar surface area (TPSA) is 100 Å². The van der Waals surface area contributed by atoms with Crippen molar-refractivity contribution < 1.29 is 18.3 Å². The monoisotopic (exact) mass is 379 g/mol. The number of carbonyl (C=O) groups excluding carboxylic acids is 1. The van der Waals surface area contributed by atoms with Gasteiger partial charge in [-0.2, -0.15) is 0 Å². The first-order valence-corrected chi connectivity index (χ1v) is 9.92. The van der Waals surface area contributed by atoms with Gasteiger partial charge in [-0.05, 0) is 49.2 Å². The van der Waals surface area contributed by atoms with Crippen molar-refractivity contribution in [1.29, 1.82) is 0 Å². The standard InChI is InChI=1S/C18H25N3O4S/c1-4-18(23)20-14-7-8-17(13(2)12-14)26(24,25)19-10-9-16(22)15-6-5-11-21(15)3/h5-8,11-12,16,19,22H,4,9-10H2,1-3H3,(H,20,23)/t16-/m0/s1. The second-order valence-electron chi connectivity index (χ2n) is 6.13. The average Bonchev–Trinajstić information content (AvgIpc) is 3.00. The fraction of sp³-hybridized carbons (Fsp3) is 0.389. The molecule has 0 spiro atoms. The van der Waals surface area contributed by atoms with E-state index >= 15 is 0 Å². The summed E-state index contributed by atoms with van der Waals surface area (Å²) in [5.74, 6) is -0.132. The van der Waals surface area contributed by atoms with Gasteiger partial charge in [0.25, 0.3) is 0 Å². The second kappa shape index (κ2) is 8.48. The molecule has 0 saturated heterocycles. The number of aliphatic hydroxyl groups is 1. The van der Waals surface area contributed by atoms with E-state index in [1.807, 2.05) is 19.3 Å². The molecule has 142 valence electrons. The molecule has 1 aromatic carbocycles. The van der Waals surface area contributed by atoms with Crippen molar-refractivity contribution in [3.8, 4) is 0 Å². The van der Waals surface area contributed by atoms with Gasteiger partial charge in [0.1, 0.15) is 0 Å². The molecule has 1 heterocycles. The van der Waals surface area contributed by atoms with Crippen LogP contribution in [-0.4, -0.2) is 30.5 Å². The molecule has 0 fully saturated rings. The van der Waals surface area contributed by atoms with Gasteiger partial charge in [-0.25, -0.2) is 13.1 Å². The first kappa shape index (κ1) is 20.2. The molecule has 0 bridgehead atoms. The van der Waals surface area contributed by atoms with E-state index in [4.69, 9.17) is 0 Å². The number of rotatable bonds is 8. The Balaban J connectivity index is 2.01. The fourth-order valence-corrected chi connectivity index (χ4v) is 3.93. The molecule has 7 nitrogen and oxygen atoms in total. The number of nitrogens with zero attached hydrogens (tertiary/aromatic N) is 1. The molecule has 0 aliphatic carbocycles. The predicted octanol–water partition coefficient (Wildman–Crippen LogP) is 2.08. The van der Waals surface area contributed by atoms with Gasteiger partial charge in [0.15, 0.2) is 0 Å². The van der Waals surface area contributed by atoms with Gasteiger partial charge < -0.3 is 15.0 Å². The summed E-state index contributed by atoms with van der Waals surface area (Å²) < 4.78 is 29.3. The lowest BCUT2D eigenvalue weighted by Crippen LogP contribution is -2.27. The molecular weight excluding hydrogens is 354 g/mol. The van der Waals surface area contributed by atoms with Gasteiger partial charge in [-0.15, -0.1) is 0 Å². The Morgan fingerprint density at radius 3 is 2.62 bits per heavy atom. The third-order valence-corrected chi connectivity index (χ3v) is 5.73. The Labute approximate surface area is 154 Å². The predicted molar refractivity (Wildman–Crippen MR) is 100 cm³/mol. The molecule has 2 rings (SSSR count). The summed E-state index contributed by atoms with van der Waals surface area (Å²) in [7, 11) is -1.87. The van der Waals surface area contributed by atoms with E-state index in [9.17, 15) is 18.3 Å². The Bertz CT molecular complexity index is 874.